The summed E-state index contributed by atoms with van der Waals surface area (Å²) in [6.45, 7) is 2.95. The lowest BCUT2D eigenvalue weighted by molar-refractivity contribution is -0.137. The molecule has 5 nitrogen and oxygen atoms in total. The minimum Gasteiger partial charge on any atom is -0.352 e. The fourth-order valence-electron chi connectivity index (χ4n) is 3.95. The highest BCUT2D eigenvalue weighted by Crippen LogP contribution is 2.29. The molecular formula is C28H27F3N4O. The van der Waals surface area contributed by atoms with Gasteiger partial charge >= 0.3 is 6.18 Å². The molecule has 0 aliphatic rings. The van der Waals surface area contributed by atoms with Crippen LogP contribution in [-0.2, 0) is 30.5 Å². The third kappa shape index (κ3) is 6.38. The molecule has 4 aromatic rings. The number of fused-ring (bicyclic) bond motifs is 1. The van der Waals surface area contributed by atoms with Gasteiger partial charge in [0, 0.05) is 37.9 Å². The molecule has 4 rings (SSSR count). The van der Waals surface area contributed by atoms with Crippen molar-refractivity contribution in [2.24, 2.45) is 0 Å². The number of alkyl halides is 3. The van der Waals surface area contributed by atoms with E-state index in [0.717, 1.165) is 40.2 Å². The minimum atomic E-state index is -4.42. The maximum Gasteiger partial charge on any atom is 0.416 e. The van der Waals surface area contributed by atoms with Crippen LogP contribution in [0.4, 0.5) is 19.0 Å². The summed E-state index contributed by atoms with van der Waals surface area (Å²) in [4.78, 5) is 24.2. The lowest BCUT2D eigenvalue weighted by Gasteiger charge is -2.25. The number of nitrogens with zero attached hydrogens (tertiary/aromatic N) is 3. The smallest absolute Gasteiger partial charge is 0.352 e. The summed E-state index contributed by atoms with van der Waals surface area (Å²) in [7, 11) is 0. The molecule has 0 aliphatic heterocycles. The number of carbonyl (C=O) groups excluding carboxylic acids is 1. The Hall–Kier alpha value is -3.94. The summed E-state index contributed by atoms with van der Waals surface area (Å²) in [6, 6.07) is 22.7. The van der Waals surface area contributed by atoms with E-state index in [4.69, 9.17) is 4.98 Å². The number of aryl methyl sites for hydroxylation is 1. The highest BCUT2D eigenvalue weighted by Gasteiger charge is 2.30. The molecule has 0 radical (unpaired) electrons. The van der Waals surface area contributed by atoms with Gasteiger partial charge in [-0.1, -0.05) is 61.5 Å². The van der Waals surface area contributed by atoms with Crippen molar-refractivity contribution < 1.29 is 18.0 Å². The standard InChI is InChI=1S/C28H27F3N4O/c1-2-25-33-24-14-7-6-13-23(24)27(34-25)35(19-20-9-4-3-5-10-20)16-15-26(36)32-18-21-11-8-12-22(17-21)28(29,30)31/h3-14,17H,2,15-16,18-19H2,1H3,(H,32,36). The lowest BCUT2D eigenvalue weighted by Crippen LogP contribution is -2.31. The number of carbonyl (C=O) groups is 1. The van der Waals surface area contributed by atoms with Gasteiger partial charge in [0.1, 0.15) is 11.6 Å². The van der Waals surface area contributed by atoms with Gasteiger partial charge in [-0.15, -0.1) is 0 Å². The molecule has 1 heterocycles. The van der Waals surface area contributed by atoms with Crippen molar-refractivity contribution in [3.05, 3.63) is 101 Å². The number of halogens is 3. The molecule has 3 aromatic carbocycles. The molecule has 1 amide bonds. The average molecular weight is 493 g/mol. The van der Waals surface area contributed by atoms with Gasteiger partial charge in [-0.05, 0) is 35.4 Å². The first kappa shape index (κ1) is 25.2. The van der Waals surface area contributed by atoms with Crippen LogP contribution in [0.1, 0.15) is 35.9 Å². The summed E-state index contributed by atoms with van der Waals surface area (Å²) < 4.78 is 38.9. The molecule has 8 heteroatoms. The summed E-state index contributed by atoms with van der Waals surface area (Å²) in [5, 5.41) is 3.64. The van der Waals surface area contributed by atoms with Gasteiger partial charge < -0.3 is 10.2 Å². The fraction of sp³-hybridized carbons (Fsp3) is 0.250. The summed E-state index contributed by atoms with van der Waals surface area (Å²) in [5.74, 6) is 1.22. The van der Waals surface area contributed by atoms with Gasteiger partial charge in [0.2, 0.25) is 5.91 Å². The molecule has 0 fully saturated rings. The molecule has 1 N–H and O–H groups in total. The molecule has 0 bridgehead atoms. The predicted octanol–water partition coefficient (Wildman–Crippen LogP) is 5.92. The van der Waals surface area contributed by atoms with E-state index in [1.807, 2.05) is 61.5 Å². The molecule has 0 saturated carbocycles. The molecule has 0 unspecified atom stereocenters. The molecule has 0 aliphatic carbocycles. The summed E-state index contributed by atoms with van der Waals surface area (Å²) in [6.07, 6.45) is -3.59. The van der Waals surface area contributed by atoms with Gasteiger partial charge in [0.25, 0.3) is 0 Å². The zero-order chi connectivity index (χ0) is 25.5. The van der Waals surface area contributed by atoms with Crippen LogP contribution in [0.3, 0.4) is 0 Å². The fourth-order valence-corrected chi connectivity index (χ4v) is 3.95. The highest BCUT2D eigenvalue weighted by atomic mass is 19.4. The van der Waals surface area contributed by atoms with Crippen molar-refractivity contribution in [3.8, 4) is 0 Å². The zero-order valence-corrected chi connectivity index (χ0v) is 19.9. The average Bonchev–Trinajstić information content (AvgIpc) is 2.89. The van der Waals surface area contributed by atoms with Gasteiger partial charge in [-0.3, -0.25) is 4.79 Å². The molecule has 1 aromatic heterocycles. The Morgan fingerprint density at radius 2 is 1.64 bits per heavy atom. The van der Waals surface area contributed by atoms with Crippen LogP contribution in [0.25, 0.3) is 10.9 Å². The Bertz CT molecular complexity index is 1330. The summed E-state index contributed by atoms with van der Waals surface area (Å²) >= 11 is 0. The second kappa shape index (κ2) is 11.2. The van der Waals surface area contributed by atoms with E-state index in [0.29, 0.717) is 25.1 Å². The highest BCUT2D eigenvalue weighted by molar-refractivity contribution is 5.89. The predicted molar refractivity (Wildman–Crippen MR) is 134 cm³/mol. The number of hydrogen-bond donors (Lipinski definition) is 1. The Labute approximate surface area is 208 Å². The number of anilines is 1. The number of para-hydroxylation sites is 1. The number of amides is 1. The second-order valence-corrected chi connectivity index (χ2v) is 8.47. The SMILES string of the molecule is CCc1nc(N(CCC(=O)NCc2cccc(C(F)(F)F)c2)Cc2ccccc2)c2ccccc2n1. The van der Waals surface area contributed by atoms with Crippen LogP contribution >= 0.6 is 0 Å². The van der Waals surface area contributed by atoms with E-state index in [2.05, 4.69) is 15.2 Å². The van der Waals surface area contributed by atoms with Crippen molar-refractivity contribution in [1.29, 1.82) is 0 Å². The van der Waals surface area contributed by atoms with Crippen LogP contribution in [0.15, 0.2) is 78.9 Å². The maximum atomic E-state index is 13.0. The first-order valence-corrected chi connectivity index (χ1v) is 11.8. The Kier molecular flexibility index (Phi) is 7.83. The Morgan fingerprint density at radius 3 is 2.39 bits per heavy atom. The molecule has 36 heavy (non-hydrogen) atoms. The molecule has 0 saturated heterocycles. The molecule has 186 valence electrons. The van der Waals surface area contributed by atoms with Crippen LogP contribution < -0.4 is 10.2 Å². The monoisotopic (exact) mass is 492 g/mol. The van der Waals surface area contributed by atoms with Gasteiger partial charge in [-0.2, -0.15) is 13.2 Å². The Balaban J connectivity index is 1.51. The first-order chi connectivity index (χ1) is 17.3. The third-order valence-electron chi connectivity index (χ3n) is 5.81. The van der Waals surface area contributed by atoms with Gasteiger partial charge in [-0.25, -0.2) is 9.97 Å². The van der Waals surface area contributed by atoms with E-state index in [1.165, 1.54) is 6.07 Å². The number of nitrogens with one attached hydrogen (secondary N) is 1. The van der Waals surface area contributed by atoms with E-state index in [1.54, 1.807) is 6.07 Å². The molecular weight excluding hydrogens is 465 g/mol. The van der Waals surface area contributed by atoms with Crippen LogP contribution in [0.2, 0.25) is 0 Å². The number of benzene rings is 3. The lowest BCUT2D eigenvalue weighted by atomic mass is 10.1. The topological polar surface area (TPSA) is 58.1 Å². The van der Waals surface area contributed by atoms with Crippen molar-refractivity contribution in [1.82, 2.24) is 15.3 Å². The van der Waals surface area contributed by atoms with Crippen LogP contribution in [0, 0.1) is 0 Å². The van der Waals surface area contributed by atoms with E-state index >= 15 is 0 Å². The summed E-state index contributed by atoms with van der Waals surface area (Å²) in [5.41, 5.74) is 1.58. The van der Waals surface area contributed by atoms with Crippen molar-refractivity contribution in [2.75, 3.05) is 11.4 Å². The zero-order valence-electron chi connectivity index (χ0n) is 19.9. The largest absolute Gasteiger partial charge is 0.416 e. The molecule has 0 atom stereocenters. The van der Waals surface area contributed by atoms with Crippen molar-refractivity contribution in [3.63, 3.8) is 0 Å². The third-order valence-corrected chi connectivity index (χ3v) is 5.81. The normalized spacial score (nSPS) is 11.4. The van der Waals surface area contributed by atoms with Crippen molar-refractivity contribution >= 4 is 22.6 Å². The van der Waals surface area contributed by atoms with Crippen molar-refractivity contribution in [2.45, 2.75) is 39.0 Å². The van der Waals surface area contributed by atoms with E-state index in [-0.39, 0.29) is 18.9 Å². The van der Waals surface area contributed by atoms with Crippen LogP contribution in [0.5, 0.6) is 0 Å². The Morgan fingerprint density at radius 1 is 0.917 bits per heavy atom. The van der Waals surface area contributed by atoms with E-state index < -0.39 is 11.7 Å². The number of aromatic nitrogens is 2. The minimum absolute atomic E-state index is 0.0257. The number of hydrogen-bond acceptors (Lipinski definition) is 4. The number of rotatable bonds is 9. The second-order valence-electron chi connectivity index (χ2n) is 8.47. The quantitative estimate of drug-likeness (QED) is 0.315. The maximum absolute atomic E-state index is 13.0. The van der Waals surface area contributed by atoms with Crippen LogP contribution in [-0.4, -0.2) is 22.4 Å². The molecule has 0 spiro atoms. The first-order valence-electron chi connectivity index (χ1n) is 11.8. The van der Waals surface area contributed by atoms with Gasteiger partial charge in [0.15, 0.2) is 0 Å². The van der Waals surface area contributed by atoms with Gasteiger partial charge in [0.05, 0.1) is 11.1 Å². The van der Waals surface area contributed by atoms with E-state index in [9.17, 15) is 18.0 Å².